The second-order valence-electron chi connectivity index (χ2n) is 6.34. The molecule has 1 aliphatic heterocycles. The Morgan fingerprint density at radius 1 is 1.43 bits per heavy atom. The van der Waals surface area contributed by atoms with Crippen LogP contribution in [0, 0.1) is 11.8 Å². The topological polar surface area (TPSA) is 58.4 Å². The van der Waals surface area contributed by atoms with E-state index in [0.29, 0.717) is 9.80 Å². The summed E-state index contributed by atoms with van der Waals surface area (Å²) >= 11 is 4.64. The molecular weight excluding hydrogens is 378 g/mol. The lowest BCUT2D eigenvalue weighted by molar-refractivity contribution is 0.0995. The largest absolute Gasteiger partial charge is 0.444 e. The predicted molar refractivity (Wildman–Crippen MR) is 94.7 cm³/mol. The number of anilines is 1. The van der Waals surface area contributed by atoms with Crippen molar-refractivity contribution in [2.45, 2.75) is 26.8 Å². The highest BCUT2D eigenvalue weighted by Gasteiger charge is 2.22. The standard InChI is InChI=1S/C16H20BrN3O2S/c1-10-5-11(2)7-20(6-10)8-12-9-23-16(18-12)19-15(21)13-3-4-14(17)22-13/h3-4,9-11H,5-8H2,1-2H3,(H,18,19,21)/t10-,11+. The molecule has 0 bridgehead atoms. The molecule has 1 fully saturated rings. The number of amides is 1. The summed E-state index contributed by atoms with van der Waals surface area (Å²) in [5.74, 6) is 1.45. The van der Waals surface area contributed by atoms with Crippen LogP contribution in [-0.4, -0.2) is 28.9 Å². The van der Waals surface area contributed by atoms with Crippen molar-refractivity contribution in [3.05, 3.63) is 33.6 Å². The zero-order valence-electron chi connectivity index (χ0n) is 13.2. The molecule has 23 heavy (non-hydrogen) atoms. The van der Waals surface area contributed by atoms with Gasteiger partial charge in [0.05, 0.1) is 5.69 Å². The van der Waals surface area contributed by atoms with E-state index < -0.39 is 0 Å². The molecule has 0 saturated carbocycles. The number of thiazole rings is 1. The van der Waals surface area contributed by atoms with Gasteiger partial charge in [-0.1, -0.05) is 13.8 Å². The monoisotopic (exact) mass is 397 g/mol. The third-order valence-electron chi connectivity index (χ3n) is 3.90. The van der Waals surface area contributed by atoms with Crippen LogP contribution in [0.3, 0.4) is 0 Å². The fraction of sp³-hybridized carbons (Fsp3) is 0.500. The van der Waals surface area contributed by atoms with Gasteiger partial charge in [0.2, 0.25) is 0 Å². The van der Waals surface area contributed by atoms with Gasteiger partial charge >= 0.3 is 0 Å². The lowest BCUT2D eigenvalue weighted by Gasteiger charge is -2.34. The number of likely N-dealkylation sites (tertiary alicyclic amines) is 1. The molecule has 0 unspecified atom stereocenters. The lowest BCUT2D eigenvalue weighted by Crippen LogP contribution is -2.38. The van der Waals surface area contributed by atoms with Gasteiger partial charge in [-0.05, 0) is 46.3 Å². The number of nitrogens with zero attached hydrogens (tertiary/aromatic N) is 2. The van der Waals surface area contributed by atoms with Crippen molar-refractivity contribution in [1.82, 2.24) is 9.88 Å². The Labute approximate surface area is 148 Å². The lowest BCUT2D eigenvalue weighted by atomic mass is 9.92. The number of halogens is 1. The summed E-state index contributed by atoms with van der Waals surface area (Å²) in [4.78, 5) is 19.0. The third-order valence-corrected chi connectivity index (χ3v) is 5.13. The van der Waals surface area contributed by atoms with Crippen LogP contribution in [0.15, 0.2) is 26.6 Å². The van der Waals surface area contributed by atoms with E-state index in [1.807, 2.05) is 5.38 Å². The first kappa shape index (κ1) is 16.7. The fourth-order valence-electron chi connectivity index (χ4n) is 3.18. The molecule has 3 heterocycles. The molecule has 0 aliphatic carbocycles. The van der Waals surface area contributed by atoms with E-state index in [4.69, 9.17) is 4.42 Å². The molecule has 1 amide bonds. The van der Waals surface area contributed by atoms with E-state index in [1.165, 1.54) is 17.8 Å². The highest BCUT2D eigenvalue weighted by Crippen LogP contribution is 2.24. The molecule has 124 valence electrons. The molecule has 2 aromatic heterocycles. The predicted octanol–water partition coefficient (Wildman–Crippen LogP) is 4.23. The summed E-state index contributed by atoms with van der Waals surface area (Å²) in [5, 5.41) is 5.40. The number of carbonyl (C=O) groups is 1. The summed E-state index contributed by atoms with van der Waals surface area (Å²) in [6.07, 6.45) is 1.30. The summed E-state index contributed by atoms with van der Waals surface area (Å²) < 4.78 is 5.78. The Bertz CT molecular complexity index is 674. The van der Waals surface area contributed by atoms with Crippen molar-refractivity contribution in [1.29, 1.82) is 0 Å². The van der Waals surface area contributed by atoms with Gasteiger partial charge in [0, 0.05) is 25.0 Å². The molecule has 2 aromatic rings. The minimum absolute atomic E-state index is 0.271. The number of rotatable bonds is 4. The van der Waals surface area contributed by atoms with Crippen LogP contribution in [0.25, 0.3) is 0 Å². The summed E-state index contributed by atoms with van der Waals surface area (Å²) in [6, 6.07) is 3.32. The zero-order valence-corrected chi connectivity index (χ0v) is 15.6. The van der Waals surface area contributed by atoms with Gasteiger partial charge in [0.1, 0.15) is 0 Å². The number of hydrogen-bond donors (Lipinski definition) is 1. The Hall–Kier alpha value is -1.18. The molecule has 0 aromatic carbocycles. The van der Waals surface area contributed by atoms with Crippen LogP contribution in [0.5, 0.6) is 0 Å². The maximum absolute atomic E-state index is 12.0. The molecular formula is C16H20BrN3O2S. The second kappa shape index (κ2) is 7.15. The number of hydrogen-bond acceptors (Lipinski definition) is 5. The Morgan fingerprint density at radius 3 is 2.83 bits per heavy atom. The van der Waals surface area contributed by atoms with Crippen molar-refractivity contribution in [2.24, 2.45) is 11.8 Å². The Morgan fingerprint density at radius 2 is 2.17 bits per heavy atom. The summed E-state index contributed by atoms with van der Waals surface area (Å²) in [5.41, 5.74) is 1.01. The van der Waals surface area contributed by atoms with E-state index in [2.05, 4.69) is 45.0 Å². The summed E-state index contributed by atoms with van der Waals surface area (Å²) in [6.45, 7) is 7.68. The van der Waals surface area contributed by atoms with E-state index in [1.54, 1.807) is 12.1 Å². The minimum atomic E-state index is -0.281. The first-order chi connectivity index (χ1) is 11.0. The molecule has 0 spiro atoms. The molecule has 3 rings (SSSR count). The molecule has 0 radical (unpaired) electrons. The van der Waals surface area contributed by atoms with Crippen molar-refractivity contribution >= 4 is 38.3 Å². The van der Waals surface area contributed by atoms with Gasteiger partial charge in [0.15, 0.2) is 15.6 Å². The van der Waals surface area contributed by atoms with Crippen molar-refractivity contribution in [2.75, 3.05) is 18.4 Å². The molecule has 1 N–H and O–H groups in total. The molecule has 5 nitrogen and oxygen atoms in total. The maximum atomic E-state index is 12.0. The molecule has 7 heteroatoms. The van der Waals surface area contributed by atoms with Crippen molar-refractivity contribution in [3.8, 4) is 0 Å². The SMILES string of the molecule is C[C@@H]1C[C@H](C)CN(Cc2csc(NC(=O)c3ccc(Br)o3)n2)C1. The van der Waals surface area contributed by atoms with Crippen molar-refractivity contribution < 1.29 is 9.21 Å². The fourth-order valence-corrected chi connectivity index (χ4v) is 4.19. The highest BCUT2D eigenvalue weighted by molar-refractivity contribution is 9.10. The summed E-state index contributed by atoms with van der Waals surface area (Å²) in [7, 11) is 0. The average Bonchev–Trinajstić information content (AvgIpc) is 3.07. The number of nitrogens with one attached hydrogen (secondary N) is 1. The molecule has 1 saturated heterocycles. The molecule has 1 aliphatic rings. The molecule has 2 atom stereocenters. The van der Waals surface area contributed by atoms with Crippen LogP contribution in [-0.2, 0) is 6.54 Å². The van der Waals surface area contributed by atoms with Crippen LogP contribution in [0.1, 0.15) is 36.5 Å². The van der Waals surface area contributed by atoms with Gasteiger partial charge in [-0.2, -0.15) is 0 Å². The number of carbonyl (C=O) groups excluding carboxylic acids is 1. The number of aromatic nitrogens is 1. The van der Waals surface area contributed by atoms with Crippen LogP contribution >= 0.6 is 27.3 Å². The quantitative estimate of drug-likeness (QED) is 0.838. The van der Waals surface area contributed by atoms with E-state index in [-0.39, 0.29) is 11.7 Å². The first-order valence-electron chi connectivity index (χ1n) is 7.73. The van der Waals surface area contributed by atoms with Gasteiger partial charge in [0.25, 0.3) is 5.91 Å². The van der Waals surface area contributed by atoms with E-state index in [9.17, 15) is 4.79 Å². The minimum Gasteiger partial charge on any atom is -0.444 e. The normalized spacial score (nSPS) is 22.2. The third kappa shape index (κ3) is 4.43. The van der Waals surface area contributed by atoms with Crippen molar-refractivity contribution in [3.63, 3.8) is 0 Å². The van der Waals surface area contributed by atoms with E-state index in [0.717, 1.165) is 37.2 Å². The van der Waals surface area contributed by atoms with Gasteiger partial charge < -0.3 is 4.42 Å². The zero-order chi connectivity index (χ0) is 16.4. The number of piperidine rings is 1. The van der Waals surface area contributed by atoms with E-state index >= 15 is 0 Å². The second-order valence-corrected chi connectivity index (χ2v) is 7.98. The van der Waals surface area contributed by atoms with Gasteiger partial charge in [-0.15, -0.1) is 11.3 Å². The van der Waals surface area contributed by atoms with Crippen LogP contribution < -0.4 is 5.32 Å². The number of furan rings is 1. The van der Waals surface area contributed by atoms with Crippen LogP contribution in [0.2, 0.25) is 0 Å². The Kier molecular flexibility index (Phi) is 5.18. The van der Waals surface area contributed by atoms with Gasteiger partial charge in [-0.3, -0.25) is 15.0 Å². The Balaban J connectivity index is 1.58. The first-order valence-corrected chi connectivity index (χ1v) is 9.40. The van der Waals surface area contributed by atoms with Crippen LogP contribution in [0.4, 0.5) is 5.13 Å². The highest BCUT2D eigenvalue weighted by atomic mass is 79.9. The average molecular weight is 398 g/mol. The van der Waals surface area contributed by atoms with Gasteiger partial charge in [-0.25, -0.2) is 4.98 Å². The smallest absolute Gasteiger partial charge is 0.293 e. The maximum Gasteiger partial charge on any atom is 0.293 e.